The number of aromatic amines is 1. The molecular formula is C7H6N4O4S. The van der Waals surface area contributed by atoms with Gasteiger partial charge in [-0.05, 0) is 6.07 Å². The summed E-state index contributed by atoms with van der Waals surface area (Å²) in [6.45, 7) is 0. The van der Waals surface area contributed by atoms with Gasteiger partial charge in [-0.25, -0.2) is 18.5 Å². The molecule has 0 aliphatic rings. The number of nitro benzene ring substituents is 1. The molecule has 9 heteroatoms. The molecule has 16 heavy (non-hydrogen) atoms. The Morgan fingerprint density at radius 2 is 2.12 bits per heavy atom. The standard InChI is InChI=1S/C7H6N4O4S/c8-16(14,15)7-9-4-2-1-3-5(11(12)13)6(4)10-7/h1-3H,(H,9,10)(H2,8,14,15). The van der Waals surface area contributed by atoms with Crippen molar-refractivity contribution in [3.63, 3.8) is 0 Å². The Kier molecular flexibility index (Phi) is 2.14. The highest BCUT2D eigenvalue weighted by molar-refractivity contribution is 7.89. The summed E-state index contributed by atoms with van der Waals surface area (Å²) in [6, 6.07) is 4.13. The first-order chi connectivity index (χ1) is 7.39. The normalized spacial score (nSPS) is 11.8. The number of rotatable bonds is 2. The summed E-state index contributed by atoms with van der Waals surface area (Å²) >= 11 is 0. The number of fused-ring (bicyclic) bond motifs is 1. The van der Waals surface area contributed by atoms with Gasteiger partial charge in [-0.1, -0.05) is 6.07 Å². The fraction of sp³-hybridized carbons (Fsp3) is 0. The molecule has 84 valence electrons. The van der Waals surface area contributed by atoms with E-state index in [0.717, 1.165) is 0 Å². The van der Waals surface area contributed by atoms with Crippen molar-refractivity contribution in [1.82, 2.24) is 9.97 Å². The van der Waals surface area contributed by atoms with Crippen molar-refractivity contribution in [2.24, 2.45) is 5.14 Å². The predicted octanol–water partition coefficient (Wildman–Crippen LogP) is 0.119. The highest BCUT2D eigenvalue weighted by Crippen LogP contribution is 2.23. The van der Waals surface area contributed by atoms with E-state index in [1.165, 1.54) is 18.2 Å². The average molecular weight is 242 g/mol. The Labute approximate surface area is 89.3 Å². The maximum absolute atomic E-state index is 11.0. The minimum absolute atomic E-state index is 0.0310. The number of benzene rings is 1. The third kappa shape index (κ3) is 1.61. The Bertz CT molecular complexity index is 675. The van der Waals surface area contributed by atoms with E-state index in [2.05, 4.69) is 9.97 Å². The number of nitrogens with two attached hydrogens (primary N) is 1. The Morgan fingerprint density at radius 1 is 1.44 bits per heavy atom. The van der Waals surface area contributed by atoms with Gasteiger partial charge < -0.3 is 4.98 Å². The number of para-hydroxylation sites is 1. The van der Waals surface area contributed by atoms with Crippen molar-refractivity contribution in [2.45, 2.75) is 5.16 Å². The molecule has 0 fully saturated rings. The van der Waals surface area contributed by atoms with Gasteiger partial charge in [0, 0.05) is 6.07 Å². The van der Waals surface area contributed by atoms with Crippen LogP contribution < -0.4 is 5.14 Å². The molecule has 3 N–H and O–H groups in total. The zero-order chi connectivity index (χ0) is 11.9. The van der Waals surface area contributed by atoms with Crippen LogP contribution in [0.3, 0.4) is 0 Å². The van der Waals surface area contributed by atoms with Crippen LogP contribution in [0.4, 0.5) is 5.69 Å². The number of aromatic nitrogens is 2. The zero-order valence-corrected chi connectivity index (χ0v) is 8.56. The highest BCUT2D eigenvalue weighted by Gasteiger charge is 2.19. The van der Waals surface area contributed by atoms with Gasteiger partial charge in [0.15, 0.2) is 5.52 Å². The Hall–Kier alpha value is -2.00. The van der Waals surface area contributed by atoms with Crippen LogP contribution in [0.2, 0.25) is 0 Å². The quantitative estimate of drug-likeness (QED) is 0.570. The first kappa shape index (κ1) is 10.5. The molecule has 0 saturated heterocycles. The maximum Gasteiger partial charge on any atom is 0.297 e. The molecule has 0 spiro atoms. The Balaban J connectivity index is 2.81. The summed E-state index contributed by atoms with van der Waals surface area (Å²) in [5.41, 5.74) is -0.0570. The first-order valence-electron chi connectivity index (χ1n) is 4.05. The molecule has 1 aromatic heterocycles. The van der Waals surface area contributed by atoms with Crippen LogP contribution in [0.5, 0.6) is 0 Å². The summed E-state index contributed by atoms with van der Waals surface area (Å²) in [7, 11) is -4.00. The van der Waals surface area contributed by atoms with Crippen LogP contribution in [0.25, 0.3) is 11.0 Å². The molecule has 0 aliphatic carbocycles. The van der Waals surface area contributed by atoms with Crippen LogP contribution >= 0.6 is 0 Å². The second kappa shape index (κ2) is 3.25. The number of imidazole rings is 1. The summed E-state index contributed by atoms with van der Waals surface area (Å²) in [5, 5.41) is 15.0. The van der Waals surface area contributed by atoms with E-state index in [9.17, 15) is 18.5 Å². The molecule has 1 heterocycles. The fourth-order valence-electron chi connectivity index (χ4n) is 1.28. The number of H-pyrrole nitrogens is 1. The third-order valence-electron chi connectivity index (χ3n) is 1.94. The topological polar surface area (TPSA) is 132 Å². The lowest BCUT2D eigenvalue weighted by atomic mass is 10.3. The van der Waals surface area contributed by atoms with Crippen LogP contribution in [-0.4, -0.2) is 23.3 Å². The molecule has 0 atom stereocenters. The maximum atomic E-state index is 11.0. The van der Waals surface area contributed by atoms with Crippen LogP contribution in [0.1, 0.15) is 0 Å². The largest absolute Gasteiger partial charge is 0.327 e. The van der Waals surface area contributed by atoms with Gasteiger partial charge in [0.1, 0.15) is 0 Å². The lowest BCUT2D eigenvalue weighted by Crippen LogP contribution is -2.13. The fourth-order valence-corrected chi connectivity index (χ4v) is 1.75. The molecule has 0 bridgehead atoms. The molecule has 1 aromatic carbocycles. The molecule has 0 saturated carbocycles. The van der Waals surface area contributed by atoms with Crippen LogP contribution in [0, 0.1) is 10.1 Å². The monoisotopic (exact) mass is 242 g/mol. The van der Waals surface area contributed by atoms with Crippen molar-refractivity contribution >= 4 is 26.7 Å². The van der Waals surface area contributed by atoms with Crippen molar-refractivity contribution in [3.05, 3.63) is 28.3 Å². The van der Waals surface area contributed by atoms with Gasteiger partial charge in [-0.3, -0.25) is 10.1 Å². The van der Waals surface area contributed by atoms with E-state index in [-0.39, 0.29) is 16.7 Å². The SMILES string of the molecule is NS(=O)(=O)c1nc2c([N+](=O)[O-])cccc2[nH]1. The molecule has 0 unspecified atom stereocenters. The highest BCUT2D eigenvalue weighted by atomic mass is 32.2. The van der Waals surface area contributed by atoms with E-state index < -0.39 is 20.1 Å². The number of nitro groups is 1. The number of hydrogen-bond donors (Lipinski definition) is 2. The van der Waals surface area contributed by atoms with Gasteiger partial charge in [0.25, 0.3) is 15.7 Å². The Morgan fingerprint density at radius 3 is 2.69 bits per heavy atom. The second-order valence-electron chi connectivity index (χ2n) is 3.02. The average Bonchev–Trinajstić information content (AvgIpc) is 2.59. The number of non-ortho nitro benzene ring substituents is 1. The molecule has 2 rings (SSSR count). The van der Waals surface area contributed by atoms with E-state index >= 15 is 0 Å². The lowest BCUT2D eigenvalue weighted by molar-refractivity contribution is -0.383. The predicted molar refractivity (Wildman–Crippen MR) is 54.1 cm³/mol. The van der Waals surface area contributed by atoms with Crippen LogP contribution in [0.15, 0.2) is 23.4 Å². The molecule has 0 radical (unpaired) electrons. The summed E-state index contributed by atoms with van der Waals surface area (Å²) in [6.07, 6.45) is 0. The molecular weight excluding hydrogens is 236 g/mol. The van der Waals surface area contributed by atoms with Crippen molar-refractivity contribution in [2.75, 3.05) is 0 Å². The van der Waals surface area contributed by atoms with E-state index in [4.69, 9.17) is 5.14 Å². The minimum Gasteiger partial charge on any atom is -0.327 e. The van der Waals surface area contributed by atoms with Crippen molar-refractivity contribution in [1.29, 1.82) is 0 Å². The van der Waals surface area contributed by atoms with Crippen LogP contribution in [-0.2, 0) is 10.0 Å². The molecule has 0 amide bonds. The lowest BCUT2D eigenvalue weighted by Gasteiger charge is -1.90. The number of hydrogen-bond acceptors (Lipinski definition) is 5. The van der Waals surface area contributed by atoms with Gasteiger partial charge in [0.05, 0.1) is 10.4 Å². The number of nitrogens with zero attached hydrogens (tertiary/aromatic N) is 2. The number of nitrogens with one attached hydrogen (secondary N) is 1. The molecule has 8 nitrogen and oxygen atoms in total. The van der Waals surface area contributed by atoms with Crippen molar-refractivity contribution in [3.8, 4) is 0 Å². The van der Waals surface area contributed by atoms with E-state index in [0.29, 0.717) is 0 Å². The smallest absolute Gasteiger partial charge is 0.297 e. The van der Waals surface area contributed by atoms with E-state index in [1.807, 2.05) is 0 Å². The summed E-state index contributed by atoms with van der Waals surface area (Å²) < 4.78 is 22.0. The van der Waals surface area contributed by atoms with Gasteiger partial charge in [-0.15, -0.1) is 0 Å². The van der Waals surface area contributed by atoms with E-state index in [1.54, 1.807) is 0 Å². The van der Waals surface area contributed by atoms with Gasteiger partial charge >= 0.3 is 0 Å². The minimum atomic E-state index is -4.00. The third-order valence-corrected chi connectivity index (χ3v) is 2.67. The molecule has 0 aliphatic heterocycles. The van der Waals surface area contributed by atoms with Gasteiger partial charge in [0.2, 0.25) is 5.16 Å². The van der Waals surface area contributed by atoms with Crippen molar-refractivity contribution < 1.29 is 13.3 Å². The molecule has 2 aromatic rings. The summed E-state index contributed by atoms with van der Waals surface area (Å²) in [4.78, 5) is 16.0. The first-order valence-corrected chi connectivity index (χ1v) is 5.60. The number of sulfonamides is 1. The second-order valence-corrected chi connectivity index (χ2v) is 4.49. The van der Waals surface area contributed by atoms with Gasteiger partial charge in [-0.2, -0.15) is 0 Å². The zero-order valence-electron chi connectivity index (χ0n) is 7.75. The number of primary sulfonamides is 1. The summed E-state index contributed by atoms with van der Waals surface area (Å²) in [5.74, 6) is 0.